The van der Waals surface area contributed by atoms with E-state index in [4.69, 9.17) is 4.52 Å². The minimum Gasteiger partial charge on any atom is -0.477 e. The minimum absolute atomic E-state index is 0.0803. The summed E-state index contributed by atoms with van der Waals surface area (Å²) in [6.45, 7) is 6.39. The second-order valence-electron chi connectivity index (χ2n) is 7.61. The van der Waals surface area contributed by atoms with Gasteiger partial charge in [0.15, 0.2) is 5.76 Å². The summed E-state index contributed by atoms with van der Waals surface area (Å²) < 4.78 is 5.17. The first-order valence-corrected chi connectivity index (χ1v) is 10.2. The molecule has 1 aromatic rings. The molecule has 0 spiro atoms. The number of carboxylic acids is 1. The number of carbonyl (C=O) groups excluding carboxylic acids is 1. The topological polar surface area (TPSA) is 119 Å². The van der Waals surface area contributed by atoms with Crippen molar-refractivity contribution in [2.24, 2.45) is 11.8 Å². The normalized spacial score (nSPS) is 31.7. The molecule has 0 aliphatic carbocycles. The highest BCUT2D eigenvalue weighted by atomic mass is 32.2. The smallest absolute Gasteiger partial charge is 0.353 e. The molecule has 9 nitrogen and oxygen atoms in total. The van der Waals surface area contributed by atoms with E-state index in [-0.39, 0.29) is 28.8 Å². The number of fused-ring (bicyclic) bond motifs is 1. The van der Waals surface area contributed by atoms with Gasteiger partial charge in [0, 0.05) is 41.9 Å². The molecular weight excluding hydrogens is 384 g/mol. The van der Waals surface area contributed by atoms with Gasteiger partial charge in [-0.3, -0.25) is 9.69 Å². The summed E-state index contributed by atoms with van der Waals surface area (Å²) in [6, 6.07) is 1.55. The van der Waals surface area contributed by atoms with Gasteiger partial charge in [-0.1, -0.05) is 12.1 Å². The number of hydrogen-bond donors (Lipinski definition) is 3. The first-order valence-electron chi connectivity index (χ1n) is 9.36. The van der Waals surface area contributed by atoms with Crippen molar-refractivity contribution in [3.05, 3.63) is 28.6 Å². The van der Waals surface area contributed by atoms with Crippen LogP contribution < -0.4 is 5.32 Å². The standard InChI is InChI=1S/C18H24N4O5S/c1-9-14-13(10(2)23)17(24)22(14)15(18(25)26)16(9)28-12-5-19-8-21(7-12)6-11-3-4-20-27-11/h3-4,9-10,12-14,19,23H,5-8H2,1-2H3,(H,25,26)/t9-,10-,12?,13-,14?/m1/s1. The number of aliphatic carboxylic acids is 1. The van der Waals surface area contributed by atoms with Crippen molar-refractivity contribution >= 4 is 23.6 Å². The summed E-state index contributed by atoms with van der Waals surface area (Å²) in [5, 5.41) is 26.9. The average Bonchev–Trinajstić information content (AvgIpc) is 3.21. The van der Waals surface area contributed by atoms with Crippen LogP contribution in [0.5, 0.6) is 0 Å². The SMILES string of the molecule is C[C@H]1C(SC2CNCN(Cc3ccno3)C2)=C(C(=O)O)N2C(=O)[C@H]([C@@H](C)O)C12. The predicted molar refractivity (Wildman–Crippen MR) is 101 cm³/mol. The summed E-state index contributed by atoms with van der Waals surface area (Å²) in [5.41, 5.74) is 0.0803. The number of aromatic nitrogens is 1. The van der Waals surface area contributed by atoms with Gasteiger partial charge < -0.3 is 25.0 Å². The highest BCUT2D eigenvalue weighted by Crippen LogP contribution is 2.51. The largest absolute Gasteiger partial charge is 0.477 e. The van der Waals surface area contributed by atoms with Crippen LogP contribution in [0, 0.1) is 11.8 Å². The lowest BCUT2D eigenvalue weighted by molar-refractivity contribution is -0.163. The van der Waals surface area contributed by atoms with Gasteiger partial charge in [-0.05, 0) is 6.92 Å². The zero-order chi connectivity index (χ0) is 20.0. The van der Waals surface area contributed by atoms with Gasteiger partial charge >= 0.3 is 5.97 Å². The molecule has 5 atom stereocenters. The van der Waals surface area contributed by atoms with E-state index in [1.54, 1.807) is 13.1 Å². The third kappa shape index (κ3) is 3.24. The van der Waals surface area contributed by atoms with Crippen molar-refractivity contribution < 1.29 is 24.3 Å². The molecule has 0 radical (unpaired) electrons. The molecule has 2 saturated heterocycles. The third-order valence-corrected chi connectivity index (χ3v) is 7.11. The fraction of sp³-hybridized carbons (Fsp3) is 0.611. The molecule has 10 heteroatoms. The van der Waals surface area contributed by atoms with Crippen LogP contribution in [0.4, 0.5) is 0 Å². The molecule has 152 valence electrons. The molecule has 0 bridgehead atoms. The molecule has 0 saturated carbocycles. The van der Waals surface area contributed by atoms with Crippen LogP contribution in [0.2, 0.25) is 0 Å². The number of nitrogens with zero attached hydrogens (tertiary/aromatic N) is 3. The Hall–Kier alpha value is -1.88. The lowest BCUT2D eigenvalue weighted by atomic mass is 9.79. The van der Waals surface area contributed by atoms with Crippen LogP contribution in [0.1, 0.15) is 19.6 Å². The maximum absolute atomic E-state index is 12.4. The summed E-state index contributed by atoms with van der Waals surface area (Å²) >= 11 is 1.53. The van der Waals surface area contributed by atoms with Crippen LogP contribution in [-0.4, -0.2) is 74.2 Å². The molecule has 1 aromatic heterocycles. The molecular formula is C18H24N4O5S. The highest BCUT2D eigenvalue weighted by Gasteiger charge is 2.60. The highest BCUT2D eigenvalue weighted by molar-refractivity contribution is 8.03. The number of aliphatic hydroxyl groups excluding tert-OH is 1. The Kier molecular flexibility index (Phi) is 5.21. The Balaban J connectivity index is 1.50. The number of hydrogen-bond acceptors (Lipinski definition) is 8. The van der Waals surface area contributed by atoms with Gasteiger partial charge in [0.1, 0.15) is 5.70 Å². The maximum Gasteiger partial charge on any atom is 0.353 e. The predicted octanol–water partition coefficient (Wildman–Crippen LogP) is 0.293. The fourth-order valence-corrected chi connectivity index (χ4v) is 5.90. The quantitative estimate of drug-likeness (QED) is 0.571. The number of carbonyl (C=O) groups is 2. The van der Waals surface area contributed by atoms with Gasteiger partial charge in [-0.2, -0.15) is 0 Å². The van der Waals surface area contributed by atoms with Crippen LogP contribution >= 0.6 is 11.8 Å². The number of β-lactam (4-membered cyclic amide) rings is 1. The molecule has 3 aliphatic rings. The van der Waals surface area contributed by atoms with Gasteiger partial charge in [0.05, 0.1) is 30.8 Å². The molecule has 4 rings (SSSR count). The zero-order valence-corrected chi connectivity index (χ0v) is 16.6. The molecule has 2 fully saturated rings. The van der Waals surface area contributed by atoms with E-state index in [0.29, 0.717) is 6.54 Å². The van der Waals surface area contributed by atoms with Crippen LogP contribution in [0.25, 0.3) is 0 Å². The Morgan fingerprint density at radius 3 is 2.96 bits per heavy atom. The van der Waals surface area contributed by atoms with E-state index in [2.05, 4.69) is 15.4 Å². The lowest BCUT2D eigenvalue weighted by Gasteiger charge is -2.46. The van der Waals surface area contributed by atoms with Crippen molar-refractivity contribution in [2.75, 3.05) is 19.8 Å². The lowest BCUT2D eigenvalue weighted by Crippen LogP contribution is -2.63. The van der Waals surface area contributed by atoms with E-state index in [9.17, 15) is 19.8 Å². The molecule has 3 aliphatic heterocycles. The molecule has 3 N–H and O–H groups in total. The number of aliphatic hydroxyl groups is 1. The Morgan fingerprint density at radius 1 is 1.54 bits per heavy atom. The molecule has 28 heavy (non-hydrogen) atoms. The second-order valence-corrected chi connectivity index (χ2v) is 8.96. The van der Waals surface area contributed by atoms with Crippen molar-refractivity contribution in [2.45, 2.75) is 37.8 Å². The number of carboxylic acid groups (broad SMARTS) is 1. The number of thioether (sulfide) groups is 1. The summed E-state index contributed by atoms with van der Waals surface area (Å²) in [5.74, 6) is -1.25. The maximum atomic E-state index is 12.4. The van der Waals surface area contributed by atoms with E-state index >= 15 is 0 Å². The third-order valence-electron chi connectivity index (χ3n) is 5.64. The van der Waals surface area contributed by atoms with Crippen molar-refractivity contribution in [3.8, 4) is 0 Å². The van der Waals surface area contributed by atoms with Crippen molar-refractivity contribution in [1.29, 1.82) is 0 Å². The van der Waals surface area contributed by atoms with Gasteiger partial charge in [0.25, 0.3) is 0 Å². The molecule has 1 amide bonds. The Morgan fingerprint density at radius 2 is 2.32 bits per heavy atom. The second kappa shape index (κ2) is 7.51. The van der Waals surface area contributed by atoms with Gasteiger partial charge in [-0.15, -0.1) is 11.8 Å². The Labute approximate surface area is 166 Å². The first kappa shape index (κ1) is 19.4. The van der Waals surface area contributed by atoms with Crippen molar-refractivity contribution in [3.63, 3.8) is 0 Å². The zero-order valence-electron chi connectivity index (χ0n) is 15.7. The molecule has 0 aromatic carbocycles. The number of nitrogens with one attached hydrogen (secondary N) is 1. The monoisotopic (exact) mass is 408 g/mol. The van der Waals surface area contributed by atoms with E-state index in [0.717, 1.165) is 30.4 Å². The molecule has 2 unspecified atom stereocenters. The van der Waals surface area contributed by atoms with Crippen LogP contribution in [0.15, 0.2) is 27.4 Å². The van der Waals surface area contributed by atoms with E-state index in [1.807, 2.05) is 13.0 Å². The summed E-state index contributed by atoms with van der Waals surface area (Å²) in [7, 11) is 0. The Bertz CT molecular complexity index is 796. The minimum atomic E-state index is -1.09. The first-order chi connectivity index (χ1) is 13.4. The fourth-order valence-electron chi connectivity index (χ4n) is 4.40. The van der Waals surface area contributed by atoms with Gasteiger partial charge in [0.2, 0.25) is 5.91 Å². The van der Waals surface area contributed by atoms with Crippen LogP contribution in [-0.2, 0) is 16.1 Å². The van der Waals surface area contributed by atoms with Crippen LogP contribution in [0.3, 0.4) is 0 Å². The average molecular weight is 408 g/mol. The van der Waals surface area contributed by atoms with Gasteiger partial charge in [-0.25, -0.2) is 4.79 Å². The summed E-state index contributed by atoms with van der Waals surface area (Å²) in [4.78, 5) is 28.6. The number of rotatable bonds is 6. The van der Waals surface area contributed by atoms with E-state index < -0.39 is 18.0 Å². The van der Waals surface area contributed by atoms with Crippen molar-refractivity contribution in [1.82, 2.24) is 20.3 Å². The van der Waals surface area contributed by atoms with E-state index in [1.165, 1.54) is 16.7 Å². The molecule has 4 heterocycles. The number of amides is 1. The summed E-state index contributed by atoms with van der Waals surface area (Å²) in [6.07, 6.45) is 0.826.